The van der Waals surface area contributed by atoms with Crippen molar-refractivity contribution in [2.45, 2.75) is 20.3 Å². The van der Waals surface area contributed by atoms with E-state index >= 15 is 0 Å². The van der Waals surface area contributed by atoms with Gasteiger partial charge < -0.3 is 20.1 Å². The van der Waals surface area contributed by atoms with Crippen molar-refractivity contribution >= 4 is 40.0 Å². The standard InChI is InChI=1S/C16H26N4O4S.HI/c1-3-17-16(19-9-10-20-25(21,22)4-2)18-8-7-13-5-6-14-15(11-13)24-12-23-14;/h5-6,11,20H,3-4,7-10,12H2,1-2H3,(H2,17,18,19);1H. The molecule has 3 N–H and O–H groups in total. The Kier molecular flexibility index (Phi) is 10.0. The highest BCUT2D eigenvalue weighted by atomic mass is 127. The third-order valence-corrected chi connectivity index (χ3v) is 4.98. The van der Waals surface area contributed by atoms with E-state index in [-0.39, 0.29) is 43.1 Å². The fraction of sp³-hybridized carbons (Fsp3) is 0.562. The van der Waals surface area contributed by atoms with E-state index in [2.05, 4.69) is 20.3 Å². The number of guanidine groups is 1. The molecular formula is C16H27IN4O4S. The summed E-state index contributed by atoms with van der Waals surface area (Å²) in [6.45, 7) is 5.95. The van der Waals surface area contributed by atoms with Gasteiger partial charge in [-0.1, -0.05) is 6.07 Å². The molecule has 0 atom stereocenters. The van der Waals surface area contributed by atoms with Crippen molar-refractivity contribution in [2.24, 2.45) is 4.99 Å². The van der Waals surface area contributed by atoms with Gasteiger partial charge in [-0.25, -0.2) is 13.1 Å². The normalized spacial score (nSPS) is 13.2. The molecule has 10 heteroatoms. The van der Waals surface area contributed by atoms with Crippen LogP contribution in [0.1, 0.15) is 19.4 Å². The SMILES string of the molecule is CCNC(=NCCNS(=O)(=O)CC)NCCc1ccc2c(c1)OCO2.I. The molecule has 0 bridgehead atoms. The lowest BCUT2D eigenvalue weighted by Crippen LogP contribution is -2.39. The molecule has 0 saturated carbocycles. The van der Waals surface area contributed by atoms with E-state index in [4.69, 9.17) is 9.47 Å². The number of rotatable bonds is 9. The molecule has 0 fully saturated rings. The molecule has 0 unspecified atom stereocenters. The van der Waals surface area contributed by atoms with Gasteiger partial charge in [0.2, 0.25) is 16.8 Å². The van der Waals surface area contributed by atoms with E-state index in [1.807, 2.05) is 25.1 Å². The van der Waals surface area contributed by atoms with Crippen molar-refractivity contribution in [3.63, 3.8) is 0 Å². The first-order valence-electron chi connectivity index (χ1n) is 8.42. The molecule has 148 valence electrons. The van der Waals surface area contributed by atoms with E-state index in [0.29, 0.717) is 19.0 Å². The fourth-order valence-corrected chi connectivity index (χ4v) is 2.84. The number of ether oxygens (including phenoxy) is 2. The second-order valence-corrected chi connectivity index (χ2v) is 7.52. The van der Waals surface area contributed by atoms with Gasteiger partial charge in [-0.3, -0.25) is 4.99 Å². The molecule has 1 aliphatic heterocycles. The summed E-state index contributed by atoms with van der Waals surface area (Å²) < 4.78 is 35.9. The minimum Gasteiger partial charge on any atom is -0.454 e. The van der Waals surface area contributed by atoms with Crippen LogP contribution in [0.25, 0.3) is 0 Å². The second kappa shape index (κ2) is 11.4. The van der Waals surface area contributed by atoms with E-state index in [1.165, 1.54) is 0 Å². The third-order valence-electron chi connectivity index (χ3n) is 3.57. The molecule has 0 saturated heterocycles. The van der Waals surface area contributed by atoms with Crippen molar-refractivity contribution in [3.8, 4) is 11.5 Å². The molecule has 2 rings (SSSR count). The smallest absolute Gasteiger partial charge is 0.231 e. The molecule has 1 aromatic rings. The Bertz CT molecular complexity index is 697. The fourth-order valence-electron chi connectivity index (χ4n) is 2.23. The van der Waals surface area contributed by atoms with Crippen LogP contribution in [0, 0.1) is 0 Å². The minimum atomic E-state index is -3.17. The maximum atomic E-state index is 11.4. The molecule has 8 nitrogen and oxygen atoms in total. The predicted molar refractivity (Wildman–Crippen MR) is 113 cm³/mol. The lowest BCUT2D eigenvalue weighted by Gasteiger charge is -2.11. The van der Waals surface area contributed by atoms with E-state index in [1.54, 1.807) is 6.92 Å². The van der Waals surface area contributed by atoms with Crippen molar-refractivity contribution in [1.29, 1.82) is 0 Å². The summed E-state index contributed by atoms with van der Waals surface area (Å²) in [5.74, 6) is 2.30. The summed E-state index contributed by atoms with van der Waals surface area (Å²) in [6.07, 6.45) is 0.809. The number of nitrogens with one attached hydrogen (secondary N) is 3. The van der Waals surface area contributed by atoms with E-state index in [0.717, 1.165) is 30.0 Å². The first-order chi connectivity index (χ1) is 12.0. The van der Waals surface area contributed by atoms with Crippen LogP contribution < -0.4 is 24.8 Å². The number of hydrogen-bond donors (Lipinski definition) is 3. The van der Waals surface area contributed by atoms with Gasteiger partial charge in [-0.2, -0.15) is 0 Å². The number of fused-ring (bicyclic) bond motifs is 1. The number of benzene rings is 1. The molecule has 0 spiro atoms. The van der Waals surface area contributed by atoms with E-state index < -0.39 is 10.0 Å². The molecular weight excluding hydrogens is 471 g/mol. The molecule has 1 aliphatic rings. The zero-order valence-electron chi connectivity index (χ0n) is 15.1. The Labute approximate surface area is 172 Å². The highest BCUT2D eigenvalue weighted by Crippen LogP contribution is 2.32. The van der Waals surface area contributed by atoms with Gasteiger partial charge in [0.25, 0.3) is 0 Å². The average molecular weight is 498 g/mol. The van der Waals surface area contributed by atoms with Crippen LogP contribution in [0.15, 0.2) is 23.2 Å². The molecule has 0 aliphatic carbocycles. The van der Waals surface area contributed by atoms with Gasteiger partial charge in [0.1, 0.15) is 0 Å². The summed E-state index contributed by atoms with van der Waals surface area (Å²) >= 11 is 0. The Hall–Kier alpha value is -1.27. The summed E-state index contributed by atoms with van der Waals surface area (Å²) in [6, 6.07) is 5.91. The molecule has 0 aromatic heterocycles. The number of aliphatic imine (C=N–C) groups is 1. The van der Waals surface area contributed by atoms with Gasteiger partial charge in [-0.15, -0.1) is 24.0 Å². The van der Waals surface area contributed by atoms with Crippen molar-refractivity contribution in [3.05, 3.63) is 23.8 Å². The van der Waals surface area contributed by atoms with Crippen LogP contribution in [0.2, 0.25) is 0 Å². The average Bonchev–Trinajstić information content (AvgIpc) is 3.06. The highest BCUT2D eigenvalue weighted by Gasteiger charge is 2.13. The molecule has 26 heavy (non-hydrogen) atoms. The van der Waals surface area contributed by atoms with Gasteiger partial charge in [0, 0.05) is 19.6 Å². The zero-order valence-corrected chi connectivity index (χ0v) is 18.2. The first-order valence-corrected chi connectivity index (χ1v) is 10.1. The Balaban J connectivity index is 0.00000338. The summed E-state index contributed by atoms with van der Waals surface area (Å²) in [5, 5.41) is 6.38. The van der Waals surface area contributed by atoms with Crippen molar-refractivity contribution in [2.75, 3.05) is 38.7 Å². The monoisotopic (exact) mass is 498 g/mol. The Morgan fingerprint density at radius 1 is 1.15 bits per heavy atom. The summed E-state index contributed by atoms with van der Waals surface area (Å²) in [7, 11) is -3.17. The molecule has 1 heterocycles. The third kappa shape index (κ3) is 7.54. The summed E-state index contributed by atoms with van der Waals surface area (Å²) in [5.41, 5.74) is 1.14. The van der Waals surface area contributed by atoms with Gasteiger partial charge >= 0.3 is 0 Å². The first kappa shape index (κ1) is 22.8. The summed E-state index contributed by atoms with van der Waals surface area (Å²) in [4.78, 5) is 4.36. The largest absolute Gasteiger partial charge is 0.454 e. The number of nitrogens with zero attached hydrogens (tertiary/aromatic N) is 1. The van der Waals surface area contributed by atoms with E-state index in [9.17, 15) is 8.42 Å². The number of sulfonamides is 1. The van der Waals surface area contributed by atoms with Crippen LogP contribution in [0.3, 0.4) is 0 Å². The molecule has 1 aromatic carbocycles. The van der Waals surface area contributed by atoms with Crippen LogP contribution in [-0.4, -0.2) is 53.1 Å². The van der Waals surface area contributed by atoms with Crippen molar-refractivity contribution < 1.29 is 17.9 Å². The van der Waals surface area contributed by atoms with Gasteiger partial charge in [0.15, 0.2) is 17.5 Å². The highest BCUT2D eigenvalue weighted by molar-refractivity contribution is 14.0. The lowest BCUT2D eigenvalue weighted by molar-refractivity contribution is 0.174. The maximum absolute atomic E-state index is 11.4. The Morgan fingerprint density at radius 2 is 1.92 bits per heavy atom. The topological polar surface area (TPSA) is 101 Å². The zero-order chi connectivity index (χ0) is 18.1. The number of hydrogen-bond acceptors (Lipinski definition) is 5. The minimum absolute atomic E-state index is 0. The lowest BCUT2D eigenvalue weighted by atomic mass is 10.1. The van der Waals surface area contributed by atoms with Gasteiger partial charge in [-0.05, 0) is 38.0 Å². The van der Waals surface area contributed by atoms with Crippen LogP contribution in [0.5, 0.6) is 11.5 Å². The maximum Gasteiger partial charge on any atom is 0.231 e. The molecule has 0 amide bonds. The quantitative estimate of drug-likeness (QED) is 0.204. The van der Waals surface area contributed by atoms with Crippen LogP contribution in [0.4, 0.5) is 0 Å². The molecule has 0 radical (unpaired) electrons. The predicted octanol–water partition coefficient (Wildman–Crippen LogP) is 1.07. The number of halogens is 1. The second-order valence-electron chi connectivity index (χ2n) is 5.42. The van der Waals surface area contributed by atoms with Crippen LogP contribution >= 0.6 is 24.0 Å². The van der Waals surface area contributed by atoms with Crippen molar-refractivity contribution in [1.82, 2.24) is 15.4 Å². The van der Waals surface area contributed by atoms with Gasteiger partial charge in [0.05, 0.1) is 12.3 Å². The van der Waals surface area contributed by atoms with Crippen LogP contribution in [-0.2, 0) is 16.4 Å². The Morgan fingerprint density at radius 3 is 2.65 bits per heavy atom.